The van der Waals surface area contributed by atoms with Gasteiger partial charge in [0.2, 0.25) is 5.91 Å². The van der Waals surface area contributed by atoms with Crippen LogP contribution < -0.4 is 10.5 Å². The summed E-state index contributed by atoms with van der Waals surface area (Å²) in [5, 5.41) is 1.99. The molecule has 0 radical (unpaired) electrons. The fourth-order valence-corrected chi connectivity index (χ4v) is 6.01. The molecule has 0 aliphatic carbocycles. The summed E-state index contributed by atoms with van der Waals surface area (Å²) in [6.45, 7) is 7.24. The molecule has 1 aliphatic heterocycles. The van der Waals surface area contributed by atoms with Crippen LogP contribution in [0.25, 0.3) is 31.6 Å². The fraction of sp³-hybridized carbons (Fsp3) is 0.370. The summed E-state index contributed by atoms with van der Waals surface area (Å²) in [6.07, 6.45) is 8.14. The van der Waals surface area contributed by atoms with Gasteiger partial charge in [0.1, 0.15) is 23.5 Å². The van der Waals surface area contributed by atoms with Crippen LogP contribution in [-0.4, -0.2) is 70.6 Å². The van der Waals surface area contributed by atoms with Gasteiger partial charge in [0.15, 0.2) is 0 Å². The Morgan fingerprint density at radius 1 is 1.33 bits per heavy atom. The highest BCUT2D eigenvalue weighted by molar-refractivity contribution is 7.22. The number of methoxy groups -OCH3 is 1. The second kappa shape index (κ2) is 9.91. The SMILES string of the molecule is CCN(C)CC=CC(=O)N1CCC(n2cc(-c3cc4cc(C)cc(OC)c4s3)c3c(N)ncnc32)C1. The smallest absolute Gasteiger partial charge is 0.246 e. The zero-order chi connectivity index (χ0) is 25.4. The van der Waals surface area contributed by atoms with Crippen LogP contribution in [0.4, 0.5) is 5.82 Å². The number of fused-ring (bicyclic) bond motifs is 2. The molecule has 0 saturated carbocycles. The second-order valence-corrected chi connectivity index (χ2v) is 10.4. The largest absolute Gasteiger partial charge is 0.495 e. The van der Waals surface area contributed by atoms with Crippen LogP contribution in [0.3, 0.4) is 0 Å². The van der Waals surface area contributed by atoms with Crippen LogP contribution in [0.2, 0.25) is 0 Å². The third-order valence-electron chi connectivity index (χ3n) is 6.94. The number of hydrogen-bond donors (Lipinski definition) is 1. The number of hydrogen-bond acceptors (Lipinski definition) is 7. The van der Waals surface area contributed by atoms with Gasteiger partial charge in [-0.25, -0.2) is 9.97 Å². The number of rotatable bonds is 7. The first-order valence-corrected chi connectivity index (χ1v) is 13.0. The number of aromatic nitrogens is 3. The summed E-state index contributed by atoms with van der Waals surface area (Å²) in [5.41, 5.74) is 9.35. The summed E-state index contributed by atoms with van der Waals surface area (Å²) < 4.78 is 8.93. The Labute approximate surface area is 215 Å². The van der Waals surface area contributed by atoms with Gasteiger partial charge >= 0.3 is 0 Å². The highest BCUT2D eigenvalue weighted by Crippen LogP contribution is 2.43. The fourth-order valence-electron chi connectivity index (χ4n) is 4.86. The second-order valence-electron chi connectivity index (χ2n) is 9.39. The van der Waals surface area contributed by atoms with Crippen molar-refractivity contribution in [1.82, 2.24) is 24.3 Å². The van der Waals surface area contributed by atoms with Gasteiger partial charge in [-0.1, -0.05) is 19.1 Å². The van der Waals surface area contributed by atoms with Crippen LogP contribution in [0, 0.1) is 6.92 Å². The lowest BCUT2D eigenvalue weighted by atomic mass is 10.1. The minimum Gasteiger partial charge on any atom is -0.495 e. The van der Waals surface area contributed by atoms with Crippen molar-refractivity contribution in [3.8, 4) is 16.2 Å². The Bertz CT molecular complexity index is 1460. The van der Waals surface area contributed by atoms with Gasteiger partial charge in [0.25, 0.3) is 0 Å². The van der Waals surface area contributed by atoms with E-state index in [0.717, 1.165) is 62.4 Å². The first-order chi connectivity index (χ1) is 17.4. The van der Waals surface area contributed by atoms with Crippen molar-refractivity contribution in [1.29, 1.82) is 0 Å². The molecule has 0 spiro atoms. The summed E-state index contributed by atoms with van der Waals surface area (Å²) in [6, 6.07) is 6.53. The van der Waals surface area contributed by atoms with Gasteiger partial charge in [-0.05, 0) is 50.0 Å². The molecule has 4 heterocycles. The Balaban J connectivity index is 1.48. The maximum absolute atomic E-state index is 12.8. The van der Waals surface area contributed by atoms with E-state index in [1.165, 1.54) is 6.33 Å². The molecule has 2 N–H and O–H groups in total. The molecular weight excluding hydrogens is 472 g/mol. The topological polar surface area (TPSA) is 89.5 Å². The summed E-state index contributed by atoms with van der Waals surface area (Å²) in [5.74, 6) is 1.39. The van der Waals surface area contributed by atoms with Gasteiger partial charge < -0.3 is 24.8 Å². The number of likely N-dealkylation sites (tertiary alicyclic amines) is 1. The number of carbonyl (C=O) groups excluding carboxylic acids is 1. The molecule has 1 aliphatic rings. The lowest BCUT2D eigenvalue weighted by Gasteiger charge is -2.16. The summed E-state index contributed by atoms with van der Waals surface area (Å²) in [4.78, 5) is 26.8. The van der Waals surface area contributed by atoms with Gasteiger partial charge in [0, 0.05) is 42.3 Å². The van der Waals surface area contributed by atoms with Crippen molar-refractivity contribution in [2.24, 2.45) is 0 Å². The zero-order valence-corrected chi connectivity index (χ0v) is 22.0. The number of thiophene rings is 1. The number of ether oxygens (including phenoxy) is 1. The molecule has 0 bridgehead atoms. The van der Waals surface area contributed by atoms with E-state index >= 15 is 0 Å². The molecule has 188 valence electrons. The van der Waals surface area contributed by atoms with Crippen LogP contribution in [0.1, 0.15) is 24.9 Å². The number of anilines is 1. The van der Waals surface area contributed by atoms with Crippen LogP contribution >= 0.6 is 11.3 Å². The summed E-state index contributed by atoms with van der Waals surface area (Å²) in [7, 11) is 3.74. The molecule has 1 saturated heterocycles. The monoisotopic (exact) mass is 504 g/mol. The lowest BCUT2D eigenvalue weighted by Crippen LogP contribution is -2.27. The number of benzene rings is 1. The molecule has 5 rings (SSSR count). The minimum atomic E-state index is 0.0554. The maximum Gasteiger partial charge on any atom is 0.246 e. The summed E-state index contributed by atoms with van der Waals surface area (Å²) >= 11 is 1.68. The molecule has 8 nitrogen and oxygen atoms in total. The van der Waals surface area contributed by atoms with Crippen molar-refractivity contribution < 1.29 is 9.53 Å². The molecule has 4 aromatic rings. The molecule has 1 fully saturated rings. The zero-order valence-electron chi connectivity index (χ0n) is 21.2. The average Bonchev–Trinajstić information content (AvgIpc) is 3.60. The van der Waals surface area contributed by atoms with E-state index in [1.54, 1.807) is 24.5 Å². The van der Waals surface area contributed by atoms with Crippen molar-refractivity contribution in [3.63, 3.8) is 0 Å². The predicted molar refractivity (Wildman–Crippen MR) is 147 cm³/mol. The van der Waals surface area contributed by atoms with Crippen molar-refractivity contribution in [2.75, 3.05) is 46.1 Å². The maximum atomic E-state index is 12.8. The number of nitrogen functional groups attached to an aromatic ring is 1. The molecule has 1 atom stereocenters. The van der Waals surface area contributed by atoms with Gasteiger partial charge in [0.05, 0.1) is 23.2 Å². The number of carbonyl (C=O) groups is 1. The molecule has 3 aromatic heterocycles. The van der Waals surface area contributed by atoms with E-state index < -0.39 is 0 Å². The first-order valence-electron chi connectivity index (χ1n) is 12.2. The Kier molecular flexibility index (Phi) is 6.68. The van der Waals surface area contributed by atoms with Crippen LogP contribution in [-0.2, 0) is 4.79 Å². The predicted octanol–water partition coefficient (Wildman–Crippen LogP) is 4.49. The standard InChI is InChI=1S/C27H32N6O2S/c1-5-31(3)9-6-7-23(34)32-10-8-19(14-32)33-15-20(24-26(28)29-16-30-27(24)33)22-13-18-11-17(2)12-21(35-4)25(18)36-22/h6-7,11-13,15-16,19H,5,8-10,14H2,1-4H3,(H2,28,29,30). The highest BCUT2D eigenvalue weighted by atomic mass is 32.1. The van der Waals surface area contributed by atoms with Gasteiger partial charge in [-0.3, -0.25) is 4.79 Å². The highest BCUT2D eigenvalue weighted by Gasteiger charge is 2.29. The van der Waals surface area contributed by atoms with E-state index in [9.17, 15) is 4.79 Å². The van der Waals surface area contributed by atoms with Crippen LogP contribution in [0.15, 0.2) is 42.9 Å². The third kappa shape index (κ3) is 4.44. The molecule has 1 aromatic carbocycles. The quantitative estimate of drug-likeness (QED) is 0.373. The van der Waals surface area contributed by atoms with E-state index in [2.05, 4.69) is 57.7 Å². The Hall–Kier alpha value is -3.43. The lowest BCUT2D eigenvalue weighted by molar-refractivity contribution is -0.125. The van der Waals surface area contributed by atoms with Crippen molar-refractivity contribution in [3.05, 3.63) is 48.4 Å². The van der Waals surface area contributed by atoms with E-state index in [1.807, 2.05) is 18.0 Å². The Morgan fingerprint density at radius 3 is 2.94 bits per heavy atom. The first kappa shape index (κ1) is 24.3. The minimum absolute atomic E-state index is 0.0554. The third-order valence-corrected chi connectivity index (χ3v) is 8.14. The van der Waals surface area contributed by atoms with Crippen molar-refractivity contribution in [2.45, 2.75) is 26.3 Å². The van der Waals surface area contributed by atoms with Crippen molar-refractivity contribution >= 4 is 44.2 Å². The molecular formula is C27H32N6O2S. The van der Waals surface area contributed by atoms with E-state index in [0.29, 0.717) is 18.9 Å². The molecule has 1 unspecified atom stereocenters. The van der Waals surface area contributed by atoms with Crippen LogP contribution in [0.5, 0.6) is 5.75 Å². The number of nitrogens with zero attached hydrogens (tertiary/aromatic N) is 5. The Morgan fingerprint density at radius 2 is 2.17 bits per heavy atom. The molecule has 36 heavy (non-hydrogen) atoms. The molecule has 1 amide bonds. The normalized spacial score (nSPS) is 16.2. The number of amides is 1. The number of nitrogens with two attached hydrogens (primary N) is 1. The average molecular weight is 505 g/mol. The van der Waals surface area contributed by atoms with Gasteiger partial charge in [-0.2, -0.15) is 0 Å². The van der Waals surface area contributed by atoms with E-state index in [-0.39, 0.29) is 11.9 Å². The van der Waals surface area contributed by atoms with Gasteiger partial charge in [-0.15, -0.1) is 11.3 Å². The molecule has 9 heteroatoms. The number of likely N-dealkylation sites (N-methyl/N-ethyl adjacent to an activating group) is 1. The van der Waals surface area contributed by atoms with E-state index in [4.69, 9.17) is 10.5 Å². The number of aryl methyl sites for hydroxylation is 1.